The summed E-state index contributed by atoms with van der Waals surface area (Å²) in [6, 6.07) is 7.85. The minimum atomic E-state index is -3.03. The molecule has 0 aliphatic rings. The van der Waals surface area contributed by atoms with Crippen molar-refractivity contribution in [2.45, 2.75) is 11.5 Å². The molecule has 25 heavy (non-hydrogen) atoms. The lowest BCUT2D eigenvalue weighted by Crippen LogP contribution is -2.14. The molecular formula is C15H11ClF2N2O4S. The largest absolute Gasteiger partial charge is 0.433 e. The predicted octanol–water partition coefficient (Wildman–Crippen LogP) is 4.82. The zero-order valence-electron chi connectivity index (χ0n) is 12.7. The molecule has 0 fully saturated rings. The summed E-state index contributed by atoms with van der Waals surface area (Å²) >= 11 is 7.14. The standard InChI is InChI=1S/C15H11ClF2N2O4S/c1-25-9-3-4-12(20(22)23)10(7-9)14(21)19-8-2-5-13(11(16)6-8)24-15(17)18/h2-7,15H,1H3,(H,19,21). The van der Waals surface area contributed by atoms with Crippen LogP contribution in [-0.2, 0) is 0 Å². The molecule has 1 amide bonds. The number of hydrogen-bond acceptors (Lipinski definition) is 5. The molecule has 6 nitrogen and oxygen atoms in total. The van der Waals surface area contributed by atoms with Crippen molar-refractivity contribution in [1.29, 1.82) is 0 Å². The minimum absolute atomic E-state index is 0.124. The van der Waals surface area contributed by atoms with Gasteiger partial charge in [-0.2, -0.15) is 8.78 Å². The number of benzene rings is 2. The summed E-state index contributed by atoms with van der Waals surface area (Å²) in [4.78, 5) is 23.5. The zero-order valence-corrected chi connectivity index (χ0v) is 14.2. The van der Waals surface area contributed by atoms with E-state index >= 15 is 0 Å². The fourth-order valence-electron chi connectivity index (χ4n) is 1.95. The molecule has 10 heteroatoms. The van der Waals surface area contributed by atoms with Crippen molar-refractivity contribution in [2.75, 3.05) is 11.6 Å². The Morgan fingerprint density at radius 3 is 2.60 bits per heavy atom. The van der Waals surface area contributed by atoms with Crippen molar-refractivity contribution in [3.63, 3.8) is 0 Å². The van der Waals surface area contributed by atoms with E-state index in [9.17, 15) is 23.7 Å². The van der Waals surface area contributed by atoms with E-state index in [1.807, 2.05) is 0 Å². The van der Waals surface area contributed by atoms with E-state index in [1.54, 1.807) is 6.26 Å². The number of nitrogens with one attached hydrogen (secondary N) is 1. The van der Waals surface area contributed by atoms with Gasteiger partial charge < -0.3 is 10.1 Å². The Bertz CT molecular complexity index is 820. The van der Waals surface area contributed by atoms with Crippen LogP contribution in [0.4, 0.5) is 20.2 Å². The third-order valence-corrected chi connectivity index (χ3v) is 4.07. The van der Waals surface area contributed by atoms with Crippen LogP contribution in [-0.4, -0.2) is 23.7 Å². The zero-order chi connectivity index (χ0) is 18.6. The highest BCUT2D eigenvalue weighted by Crippen LogP contribution is 2.30. The quantitative estimate of drug-likeness (QED) is 0.435. The Labute approximate surface area is 150 Å². The number of halogens is 3. The molecule has 0 atom stereocenters. The molecule has 0 unspecified atom stereocenters. The Kier molecular flexibility index (Phi) is 6.16. The van der Waals surface area contributed by atoms with Crippen LogP contribution in [0.2, 0.25) is 5.02 Å². The maximum absolute atomic E-state index is 12.4. The van der Waals surface area contributed by atoms with E-state index < -0.39 is 17.4 Å². The van der Waals surface area contributed by atoms with Crippen LogP contribution in [0.25, 0.3) is 0 Å². The SMILES string of the molecule is CSc1ccc([N+](=O)[O-])c(C(=O)Nc2ccc(OC(F)F)c(Cl)c2)c1. The maximum Gasteiger partial charge on any atom is 0.387 e. The lowest BCUT2D eigenvalue weighted by atomic mass is 10.1. The highest BCUT2D eigenvalue weighted by molar-refractivity contribution is 7.98. The second-order valence-corrected chi connectivity index (χ2v) is 5.90. The molecule has 0 aromatic heterocycles. The number of carbonyl (C=O) groups is 1. The van der Waals surface area contributed by atoms with Crippen molar-refractivity contribution in [1.82, 2.24) is 0 Å². The fourth-order valence-corrected chi connectivity index (χ4v) is 2.62. The smallest absolute Gasteiger partial charge is 0.387 e. The molecule has 2 aromatic rings. The van der Waals surface area contributed by atoms with Gasteiger partial charge in [0.05, 0.1) is 9.95 Å². The van der Waals surface area contributed by atoms with Gasteiger partial charge in [0, 0.05) is 16.6 Å². The molecule has 0 saturated carbocycles. The van der Waals surface area contributed by atoms with Gasteiger partial charge in [-0.15, -0.1) is 11.8 Å². The molecule has 2 aromatic carbocycles. The lowest BCUT2D eigenvalue weighted by molar-refractivity contribution is -0.385. The van der Waals surface area contributed by atoms with Gasteiger partial charge in [0.25, 0.3) is 11.6 Å². The molecule has 0 aliphatic carbocycles. The van der Waals surface area contributed by atoms with Gasteiger partial charge >= 0.3 is 6.61 Å². The number of nitrogens with zero attached hydrogens (tertiary/aromatic N) is 1. The molecule has 0 saturated heterocycles. The highest BCUT2D eigenvalue weighted by atomic mass is 35.5. The summed E-state index contributed by atoms with van der Waals surface area (Å²) in [6.07, 6.45) is 1.77. The Morgan fingerprint density at radius 1 is 1.32 bits per heavy atom. The molecule has 0 aliphatic heterocycles. The van der Waals surface area contributed by atoms with Crippen LogP contribution in [0.5, 0.6) is 5.75 Å². The van der Waals surface area contributed by atoms with Gasteiger partial charge in [-0.25, -0.2) is 0 Å². The number of hydrogen-bond donors (Lipinski definition) is 1. The third kappa shape index (κ3) is 4.80. The Morgan fingerprint density at radius 2 is 2.04 bits per heavy atom. The normalized spacial score (nSPS) is 10.6. The van der Waals surface area contributed by atoms with Crippen LogP contribution >= 0.6 is 23.4 Å². The first kappa shape index (κ1) is 18.9. The van der Waals surface area contributed by atoms with E-state index in [0.717, 1.165) is 6.07 Å². The van der Waals surface area contributed by atoms with Crippen LogP contribution in [0.3, 0.4) is 0 Å². The molecule has 0 spiro atoms. The first-order valence-electron chi connectivity index (χ1n) is 6.70. The van der Waals surface area contributed by atoms with E-state index in [4.69, 9.17) is 11.6 Å². The predicted molar refractivity (Wildman–Crippen MR) is 90.9 cm³/mol. The number of carbonyl (C=O) groups excluding carboxylic acids is 1. The van der Waals surface area contributed by atoms with E-state index in [0.29, 0.717) is 4.90 Å². The van der Waals surface area contributed by atoms with Crippen molar-refractivity contribution >= 4 is 40.6 Å². The summed E-state index contributed by atoms with van der Waals surface area (Å²) in [5.41, 5.74) is -0.291. The molecule has 132 valence electrons. The average molecular weight is 389 g/mol. The second kappa shape index (κ2) is 8.13. The highest BCUT2D eigenvalue weighted by Gasteiger charge is 2.21. The van der Waals surface area contributed by atoms with Gasteiger partial charge in [-0.1, -0.05) is 11.6 Å². The summed E-state index contributed by atoms with van der Waals surface area (Å²) in [6.45, 7) is -3.03. The van der Waals surface area contributed by atoms with E-state index in [1.165, 1.54) is 42.1 Å². The summed E-state index contributed by atoms with van der Waals surface area (Å²) in [5.74, 6) is -0.966. The number of rotatable bonds is 6. The van der Waals surface area contributed by atoms with E-state index in [2.05, 4.69) is 10.1 Å². The Balaban J connectivity index is 2.28. The Hall–Kier alpha value is -2.39. The molecule has 1 N–H and O–H groups in total. The van der Waals surface area contributed by atoms with Crippen LogP contribution < -0.4 is 10.1 Å². The number of anilines is 1. The minimum Gasteiger partial charge on any atom is -0.433 e. The molecule has 0 bridgehead atoms. The van der Waals surface area contributed by atoms with Crippen LogP contribution in [0.15, 0.2) is 41.3 Å². The number of alkyl halides is 2. The van der Waals surface area contributed by atoms with Crippen molar-refractivity contribution in [3.05, 3.63) is 57.1 Å². The lowest BCUT2D eigenvalue weighted by Gasteiger charge is -2.10. The topological polar surface area (TPSA) is 81.5 Å². The molecule has 2 rings (SSSR count). The van der Waals surface area contributed by atoms with Crippen LogP contribution in [0.1, 0.15) is 10.4 Å². The molecular weight excluding hydrogens is 378 g/mol. The second-order valence-electron chi connectivity index (χ2n) is 4.62. The number of nitro groups is 1. The van der Waals surface area contributed by atoms with Gasteiger partial charge in [0.2, 0.25) is 0 Å². The summed E-state index contributed by atoms with van der Waals surface area (Å²) < 4.78 is 28.6. The average Bonchev–Trinajstić information content (AvgIpc) is 2.56. The molecule has 0 heterocycles. The number of thioether (sulfide) groups is 1. The third-order valence-electron chi connectivity index (χ3n) is 3.05. The van der Waals surface area contributed by atoms with Crippen molar-refractivity contribution in [3.8, 4) is 5.75 Å². The van der Waals surface area contributed by atoms with E-state index in [-0.39, 0.29) is 27.7 Å². The van der Waals surface area contributed by atoms with Crippen LogP contribution in [0, 0.1) is 10.1 Å². The van der Waals surface area contributed by atoms with Gasteiger partial charge in [0.15, 0.2) is 0 Å². The number of ether oxygens (including phenoxy) is 1. The van der Waals surface area contributed by atoms with Crippen molar-refractivity contribution < 1.29 is 23.2 Å². The van der Waals surface area contributed by atoms with Gasteiger partial charge in [-0.05, 0) is 36.6 Å². The summed E-state index contributed by atoms with van der Waals surface area (Å²) in [5, 5.41) is 13.4. The monoisotopic (exact) mass is 388 g/mol. The van der Waals surface area contributed by atoms with Gasteiger partial charge in [-0.3, -0.25) is 14.9 Å². The first-order chi connectivity index (χ1) is 11.8. The number of nitro benzene ring substituents is 1. The fraction of sp³-hybridized carbons (Fsp3) is 0.133. The van der Waals surface area contributed by atoms with Crippen molar-refractivity contribution in [2.24, 2.45) is 0 Å². The van der Waals surface area contributed by atoms with Gasteiger partial charge in [0.1, 0.15) is 11.3 Å². The molecule has 0 radical (unpaired) electrons. The summed E-state index contributed by atoms with van der Waals surface area (Å²) in [7, 11) is 0. The maximum atomic E-state index is 12.4. The first-order valence-corrected chi connectivity index (χ1v) is 8.30. The number of amides is 1.